The molecule has 0 heterocycles. The summed E-state index contributed by atoms with van der Waals surface area (Å²) in [6.07, 6.45) is 1.13. The van der Waals surface area contributed by atoms with Crippen molar-refractivity contribution in [3.8, 4) is 0 Å². The van der Waals surface area contributed by atoms with Crippen molar-refractivity contribution < 1.29 is 14.7 Å². The summed E-state index contributed by atoms with van der Waals surface area (Å²) in [6.45, 7) is 2.74. The Morgan fingerprint density at radius 3 is 2.53 bits per heavy atom. The highest BCUT2D eigenvalue weighted by Crippen LogP contribution is 2.36. The molecule has 3 atom stereocenters. The van der Waals surface area contributed by atoms with Crippen molar-refractivity contribution in [3.63, 3.8) is 0 Å². The van der Waals surface area contributed by atoms with Gasteiger partial charge in [0.15, 0.2) is 6.04 Å². The summed E-state index contributed by atoms with van der Waals surface area (Å²) in [7, 11) is 0. The number of carboxylic acid groups (broad SMARTS) is 1. The zero-order chi connectivity index (χ0) is 13.8. The van der Waals surface area contributed by atoms with Crippen molar-refractivity contribution in [2.45, 2.75) is 19.4 Å². The van der Waals surface area contributed by atoms with Gasteiger partial charge in [0.05, 0.1) is 0 Å². The van der Waals surface area contributed by atoms with E-state index >= 15 is 0 Å². The summed E-state index contributed by atoms with van der Waals surface area (Å²) >= 11 is 0. The van der Waals surface area contributed by atoms with Crippen LogP contribution in [0.5, 0.6) is 0 Å². The third kappa shape index (κ3) is 3.71. The van der Waals surface area contributed by atoms with Crippen LogP contribution in [-0.2, 0) is 4.79 Å². The number of urea groups is 1. The first kappa shape index (κ1) is 13.4. The lowest BCUT2D eigenvalue weighted by Crippen LogP contribution is -2.41. The normalized spacial score (nSPS) is 22.4. The molecule has 5 nitrogen and oxygen atoms in total. The summed E-state index contributed by atoms with van der Waals surface area (Å²) in [5, 5.41) is 14.4. The van der Waals surface area contributed by atoms with Crippen LogP contribution in [0.25, 0.3) is 0 Å². The number of amides is 2. The fraction of sp³-hybridized carbons (Fsp3) is 0.429. The predicted octanol–water partition coefficient (Wildman–Crippen LogP) is 1.77. The Morgan fingerprint density at radius 2 is 2.00 bits per heavy atom. The van der Waals surface area contributed by atoms with E-state index in [1.165, 1.54) is 0 Å². The standard InChI is InChI=1S/C14H18N2O3/c1-9-7-11(9)8-15-14(19)16-12(13(17)18)10-5-3-2-4-6-10/h2-6,9,11-12H,7-8H2,1H3,(H,17,18)(H2,15,16,19)/t9?,11?,12-/m0/s1. The molecule has 1 fully saturated rings. The molecule has 0 aliphatic heterocycles. The number of hydrogen-bond donors (Lipinski definition) is 3. The van der Waals surface area contributed by atoms with Crippen molar-refractivity contribution in [1.82, 2.24) is 10.6 Å². The summed E-state index contributed by atoms with van der Waals surface area (Å²) in [5.74, 6) is 0.122. The average molecular weight is 262 g/mol. The average Bonchev–Trinajstić information content (AvgIpc) is 3.10. The fourth-order valence-electron chi connectivity index (χ4n) is 2.02. The highest BCUT2D eigenvalue weighted by Gasteiger charge is 2.32. The Labute approximate surface area is 112 Å². The Bertz CT molecular complexity index is 461. The van der Waals surface area contributed by atoms with Gasteiger partial charge in [-0.3, -0.25) is 0 Å². The van der Waals surface area contributed by atoms with Crippen LogP contribution in [0.1, 0.15) is 24.9 Å². The van der Waals surface area contributed by atoms with Gasteiger partial charge in [-0.25, -0.2) is 9.59 Å². The third-order valence-corrected chi connectivity index (χ3v) is 3.46. The topological polar surface area (TPSA) is 78.4 Å². The molecule has 2 rings (SSSR count). The maximum Gasteiger partial charge on any atom is 0.330 e. The monoisotopic (exact) mass is 262 g/mol. The van der Waals surface area contributed by atoms with Crippen LogP contribution < -0.4 is 10.6 Å². The molecule has 2 unspecified atom stereocenters. The molecule has 3 N–H and O–H groups in total. The minimum atomic E-state index is -1.07. The van der Waals surface area contributed by atoms with Gasteiger partial charge in [0, 0.05) is 6.54 Å². The molecule has 5 heteroatoms. The fourth-order valence-corrected chi connectivity index (χ4v) is 2.02. The maximum atomic E-state index is 11.7. The Morgan fingerprint density at radius 1 is 1.37 bits per heavy atom. The first-order valence-electron chi connectivity index (χ1n) is 6.40. The number of rotatable bonds is 5. The zero-order valence-electron chi connectivity index (χ0n) is 10.8. The van der Waals surface area contributed by atoms with Gasteiger partial charge in [-0.05, 0) is 23.8 Å². The first-order valence-corrected chi connectivity index (χ1v) is 6.40. The number of carbonyl (C=O) groups excluding carboxylic acids is 1. The van der Waals surface area contributed by atoms with Gasteiger partial charge in [0.25, 0.3) is 0 Å². The van der Waals surface area contributed by atoms with E-state index in [1.807, 2.05) is 0 Å². The number of benzene rings is 1. The molecule has 1 aliphatic rings. The molecule has 0 bridgehead atoms. The molecule has 1 aromatic rings. The van der Waals surface area contributed by atoms with Gasteiger partial charge in [-0.1, -0.05) is 37.3 Å². The smallest absolute Gasteiger partial charge is 0.330 e. The van der Waals surface area contributed by atoms with Crippen LogP contribution in [0.2, 0.25) is 0 Å². The van der Waals surface area contributed by atoms with Crippen molar-refractivity contribution >= 4 is 12.0 Å². The molecule has 19 heavy (non-hydrogen) atoms. The molecule has 1 aromatic carbocycles. The van der Waals surface area contributed by atoms with Crippen LogP contribution in [0.15, 0.2) is 30.3 Å². The van der Waals surface area contributed by atoms with Gasteiger partial charge in [-0.2, -0.15) is 0 Å². The molecular weight excluding hydrogens is 244 g/mol. The second-order valence-corrected chi connectivity index (χ2v) is 5.01. The Hall–Kier alpha value is -2.04. The molecule has 0 saturated heterocycles. The molecular formula is C14H18N2O3. The Kier molecular flexibility index (Phi) is 4.04. The quantitative estimate of drug-likeness (QED) is 0.756. The highest BCUT2D eigenvalue weighted by atomic mass is 16.4. The highest BCUT2D eigenvalue weighted by molar-refractivity contribution is 5.83. The number of carbonyl (C=O) groups is 2. The van der Waals surface area contributed by atoms with E-state index in [0.29, 0.717) is 23.9 Å². The minimum absolute atomic E-state index is 0.435. The third-order valence-electron chi connectivity index (χ3n) is 3.46. The van der Waals surface area contributed by atoms with E-state index in [0.717, 1.165) is 6.42 Å². The molecule has 0 aromatic heterocycles. The predicted molar refractivity (Wildman–Crippen MR) is 70.6 cm³/mol. The Balaban J connectivity index is 1.89. The molecule has 2 amide bonds. The maximum absolute atomic E-state index is 11.7. The molecule has 102 valence electrons. The summed E-state index contributed by atoms with van der Waals surface area (Å²) in [5.41, 5.74) is 0.560. The summed E-state index contributed by atoms with van der Waals surface area (Å²) < 4.78 is 0. The van der Waals surface area contributed by atoms with E-state index in [2.05, 4.69) is 17.6 Å². The lowest BCUT2D eigenvalue weighted by Gasteiger charge is -2.15. The van der Waals surface area contributed by atoms with Crippen LogP contribution in [0.4, 0.5) is 4.79 Å². The van der Waals surface area contributed by atoms with E-state index < -0.39 is 18.0 Å². The minimum Gasteiger partial charge on any atom is -0.479 e. The van der Waals surface area contributed by atoms with Crippen molar-refractivity contribution in [1.29, 1.82) is 0 Å². The van der Waals surface area contributed by atoms with E-state index in [1.54, 1.807) is 30.3 Å². The number of carboxylic acids is 1. The summed E-state index contributed by atoms with van der Waals surface area (Å²) in [4.78, 5) is 22.9. The molecule has 1 aliphatic carbocycles. The van der Waals surface area contributed by atoms with Crippen LogP contribution in [-0.4, -0.2) is 23.7 Å². The lowest BCUT2D eigenvalue weighted by atomic mass is 10.1. The number of hydrogen-bond acceptors (Lipinski definition) is 2. The van der Waals surface area contributed by atoms with E-state index in [9.17, 15) is 9.59 Å². The van der Waals surface area contributed by atoms with E-state index in [4.69, 9.17) is 5.11 Å². The van der Waals surface area contributed by atoms with Gasteiger partial charge < -0.3 is 15.7 Å². The second kappa shape index (κ2) is 5.73. The van der Waals surface area contributed by atoms with E-state index in [-0.39, 0.29) is 0 Å². The largest absolute Gasteiger partial charge is 0.479 e. The van der Waals surface area contributed by atoms with Gasteiger partial charge in [0.1, 0.15) is 0 Å². The number of aliphatic carboxylic acids is 1. The number of nitrogens with one attached hydrogen (secondary N) is 2. The molecule has 1 saturated carbocycles. The van der Waals surface area contributed by atoms with Crippen LogP contribution in [0.3, 0.4) is 0 Å². The van der Waals surface area contributed by atoms with Gasteiger partial charge in [0.2, 0.25) is 0 Å². The molecule has 0 spiro atoms. The zero-order valence-corrected chi connectivity index (χ0v) is 10.8. The lowest BCUT2D eigenvalue weighted by molar-refractivity contribution is -0.139. The van der Waals surface area contributed by atoms with Gasteiger partial charge >= 0.3 is 12.0 Å². The van der Waals surface area contributed by atoms with Crippen molar-refractivity contribution in [2.24, 2.45) is 11.8 Å². The van der Waals surface area contributed by atoms with Crippen molar-refractivity contribution in [2.75, 3.05) is 6.54 Å². The SMILES string of the molecule is CC1CC1CNC(=O)N[C@H](C(=O)O)c1ccccc1. The second-order valence-electron chi connectivity index (χ2n) is 5.01. The summed E-state index contributed by atoms with van der Waals surface area (Å²) in [6, 6.07) is 7.21. The first-order chi connectivity index (χ1) is 9.08. The van der Waals surface area contributed by atoms with Crippen molar-refractivity contribution in [3.05, 3.63) is 35.9 Å². The molecule has 0 radical (unpaired) electrons. The van der Waals surface area contributed by atoms with Crippen LogP contribution in [0, 0.1) is 11.8 Å². The van der Waals surface area contributed by atoms with Gasteiger partial charge in [-0.15, -0.1) is 0 Å². The van der Waals surface area contributed by atoms with Crippen LogP contribution >= 0.6 is 0 Å².